The van der Waals surface area contributed by atoms with Crippen molar-refractivity contribution in [2.75, 3.05) is 5.43 Å². The van der Waals surface area contributed by atoms with Crippen LogP contribution in [0, 0.1) is 0 Å². The van der Waals surface area contributed by atoms with E-state index in [2.05, 4.69) is 10.4 Å². The standard InChI is InChI=1S/C9H10F3N3/c10-9(11,12)6-3-4-7(15-13)14-8(6)5-1-2-5/h3-5H,1-2,13H2,(H,14,15). The Balaban J connectivity index is 2.45. The van der Waals surface area contributed by atoms with E-state index in [1.807, 2.05) is 0 Å². The third-order valence-corrected chi connectivity index (χ3v) is 2.34. The molecule has 0 atom stereocenters. The van der Waals surface area contributed by atoms with Gasteiger partial charge in [-0.25, -0.2) is 10.8 Å². The molecule has 0 unspecified atom stereocenters. The summed E-state index contributed by atoms with van der Waals surface area (Å²) >= 11 is 0. The molecule has 2 rings (SSSR count). The van der Waals surface area contributed by atoms with Gasteiger partial charge in [-0.15, -0.1) is 0 Å². The molecule has 6 heteroatoms. The number of nitrogens with one attached hydrogen (secondary N) is 1. The number of aromatic nitrogens is 1. The van der Waals surface area contributed by atoms with Crippen LogP contribution in [0.3, 0.4) is 0 Å². The van der Waals surface area contributed by atoms with Gasteiger partial charge in [-0.2, -0.15) is 13.2 Å². The van der Waals surface area contributed by atoms with Crippen LogP contribution in [0.4, 0.5) is 19.0 Å². The van der Waals surface area contributed by atoms with E-state index in [4.69, 9.17) is 5.84 Å². The molecular formula is C9H10F3N3. The number of pyridine rings is 1. The summed E-state index contributed by atoms with van der Waals surface area (Å²) in [6.45, 7) is 0. The van der Waals surface area contributed by atoms with Gasteiger partial charge in [0.05, 0.1) is 11.3 Å². The number of rotatable bonds is 2. The van der Waals surface area contributed by atoms with Gasteiger partial charge in [0, 0.05) is 5.92 Å². The molecule has 15 heavy (non-hydrogen) atoms. The first-order valence-corrected chi connectivity index (χ1v) is 4.57. The number of hydrazine groups is 1. The van der Waals surface area contributed by atoms with Crippen LogP contribution in [0.2, 0.25) is 0 Å². The normalized spacial score (nSPS) is 16.5. The van der Waals surface area contributed by atoms with Gasteiger partial charge in [-0.05, 0) is 25.0 Å². The van der Waals surface area contributed by atoms with E-state index in [0.29, 0.717) is 0 Å². The molecular weight excluding hydrogens is 207 g/mol. The van der Waals surface area contributed by atoms with E-state index in [-0.39, 0.29) is 17.4 Å². The molecule has 0 bridgehead atoms. The minimum absolute atomic E-state index is 0.0603. The maximum absolute atomic E-state index is 12.6. The van der Waals surface area contributed by atoms with E-state index in [1.165, 1.54) is 6.07 Å². The lowest BCUT2D eigenvalue weighted by atomic mass is 10.1. The number of halogens is 3. The van der Waals surface area contributed by atoms with E-state index < -0.39 is 11.7 Å². The largest absolute Gasteiger partial charge is 0.418 e. The van der Waals surface area contributed by atoms with Crippen LogP contribution >= 0.6 is 0 Å². The number of nitrogens with two attached hydrogens (primary N) is 1. The molecule has 3 nitrogen and oxygen atoms in total. The molecule has 0 aliphatic heterocycles. The molecule has 0 aromatic carbocycles. The van der Waals surface area contributed by atoms with Crippen molar-refractivity contribution < 1.29 is 13.2 Å². The molecule has 1 aliphatic carbocycles. The fourth-order valence-corrected chi connectivity index (χ4v) is 1.46. The lowest BCUT2D eigenvalue weighted by molar-refractivity contribution is -0.138. The van der Waals surface area contributed by atoms with Crippen LogP contribution in [0.25, 0.3) is 0 Å². The smallest absolute Gasteiger partial charge is 0.308 e. The van der Waals surface area contributed by atoms with Crippen LogP contribution < -0.4 is 11.3 Å². The fraction of sp³-hybridized carbons (Fsp3) is 0.444. The Labute approximate surface area is 84.5 Å². The lowest BCUT2D eigenvalue weighted by Gasteiger charge is -2.12. The summed E-state index contributed by atoms with van der Waals surface area (Å²) in [6, 6.07) is 2.25. The number of anilines is 1. The van der Waals surface area contributed by atoms with Crippen molar-refractivity contribution in [3.8, 4) is 0 Å². The molecule has 3 N–H and O–H groups in total. The van der Waals surface area contributed by atoms with Gasteiger partial charge >= 0.3 is 6.18 Å². The van der Waals surface area contributed by atoms with Gasteiger partial charge in [0.25, 0.3) is 0 Å². The number of nitrogens with zero attached hydrogens (tertiary/aromatic N) is 1. The number of hydrogen-bond acceptors (Lipinski definition) is 3. The average molecular weight is 217 g/mol. The van der Waals surface area contributed by atoms with Crippen molar-refractivity contribution >= 4 is 5.82 Å². The number of nitrogen functional groups attached to an aromatic ring is 1. The average Bonchev–Trinajstić information content (AvgIpc) is 2.98. The van der Waals surface area contributed by atoms with E-state index in [9.17, 15) is 13.2 Å². The summed E-state index contributed by atoms with van der Waals surface area (Å²) in [4.78, 5) is 3.86. The minimum Gasteiger partial charge on any atom is -0.308 e. The van der Waals surface area contributed by atoms with Crippen LogP contribution in [-0.2, 0) is 6.18 Å². The highest BCUT2D eigenvalue weighted by molar-refractivity contribution is 5.41. The molecule has 0 radical (unpaired) electrons. The predicted octanol–water partition coefficient (Wildman–Crippen LogP) is 2.26. The summed E-state index contributed by atoms with van der Waals surface area (Å²) < 4.78 is 37.7. The second kappa shape index (κ2) is 3.37. The van der Waals surface area contributed by atoms with E-state index in [0.717, 1.165) is 18.9 Å². The molecule has 0 saturated heterocycles. The highest BCUT2D eigenvalue weighted by Gasteiger charge is 2.39. The first kappa shape index (κ1) is 10.2. The molecule has 1 saturated carbocycles. The Bertz CT molecular complexity index is 371. The predicted molar refractivity (Wildman–Crippen MR) is 49.0 cm³/mol. The number of alkyl halides is 3. The maximum Gasteiger partial charge on any atom is 0.418 e. The van der Waals surface area contributed by atoms with Crippen LogP contribution in [0.15, 0.2) is 12.1 Å². The van der Waals surface area contributed by atoms with Crippen molar-refractivity contribution in [2.24, 2.45) is 5.84 Å². The van der Waals surface area contributed by atoms with Gasteiger partial charge < -0.3 is 5.43 Å². The van der Waals surface area contributed by atoms with Gasteiger partial charge in [0.1, 0.15) is 5.82 Å². The zero-order chi connectivity index (χ0) is 11.1. The van der Waals surface area contributed by atoms with Gasteiger partial charge in [0.2, 0.25) is 0 Å². The second-order valence-corrected chi connectivity index (χ2v) is 3.55. The molecule has 0 spiro atoms. The Morgan fingerprint density at radius 3 is 2.47 bits per heavy atom. The molecule has 1 fully saturated rings. The molecule has 1 aliphatic rings. The third kappa shape index (κ3) is 2.04. The second-order valence-electron chi connectivity index (χ2n) is 3.55. The van der Waals surface area contributed by atoms with Crippen LogP contribution in [0.5, 0.6) is 0 Å². The molecule has 1 aromatic heterocycles. The minimum atomic E-state index is -4.34. The Kier molecular flexibility index (Phi) is 2.30. The van der Waals surface area contributed by atoms with E-state index >= 15 is 0 Å². The monoisotopic (exact) mass is 217 g/mol. The van der Waals surface area contributed by atoms with Crippen LogP contribution in [-0.4, -0.2) is 4.98 Å². The lowest BCUT2D eigenvalue weighted by Crippen LogP contribution is -2.14. The molecule has 1 aromatic rings. The third-order valence-electron chi connectivity index (χ3n) is 2.34. The highest BCUT2D eigenvalue weighted by Crippen LogP contribution is 2.45. The van der Waals surface area contributed by atoms with Gasteiger partial charge in [-0.1, -0.05) is 0 Å². The summed E-state index contributed by atoms with van der Waals surface area (Å²) in [7, 11) is 0. The van der Waals surface area contributed by atoms with Crippen molar-refractivity contribution in [2.45, 2.75) is 24.9 Å². The quantitative estimate of drug-likeness (QED) is 0.590. The van der Waals surface area contributed by atoms with Crippen molar-refractivity contribution in [1.82, 2.24) is 4.98 Å². The number of hydrogen-bond donors (Lipinski definition) is 2. The summed E-state index contributed by atoms with van der Waals surface area (Å²) in [5.74, 6) is 5.31. The van der Waals surface area contributed by atoms with Gasteiger partial charge in [0.15, 0.2) is 0 Å². The van der Waals surface area contributed by atoms with Crippen LogP contribution in [0.1, 0.15) is 30.0 Å². The topological polar surface area (TPSA) is 50.9 Å². The zero-order valence-electron chi connectivity index (χ0n) is 7.80. The first-order valence-electron chi connectivity index (χ1n) is 4.57. The Morgan fingerprint density at radius 2 is 2.00 bits per heavy atom. The SMILES string of the molecule is NNc1ccc(C(F)(F)F)c(C2CC2)n1. The summed E-state index contributed by atoms with van der Waals surface area (Å²) in [5.41, 5.74) is 1.71. The zero-order valence-corrected chi connectivity index (χ0v) is 7.80. The van der Waals surface area contributed by atoms with E-state index in [1.54, 1.807) is 0 Å². The first-order chi connectivity index (χ1) is 7.02. The highest BCUT2D eigenvalue weighted by atomic mass is 19.4. The molecule has 1 heterocycles. The summed E-state index contributed by atoms with van der Waals surface area (Å²) in [5, 5.41) is 0. The maximum atomic E-state index is 12.6. The van der Waals surface area contributed by atoms with Crippen molar-refractivity contribution in [3.05, 3.63) is 23.4 Å². The van der Waals surface area contributed by atoms with Crippen molar-refractivity contribution in [3.63, 3.8) is 0 Å². The molecule has 0 amide bonds. The van der Waals surface area contributed by atoms with Gasteiger partial charge in [-0.3, -0.25) is 0 Å². The van der Waals surface area contributed by atoms with Crippen molar-refractivity contribution in [1.29, 1.82) is 0 Å². The fourth-order valence-electron chi connectivity index (χ4n) is 1.46. The Hall–Kier alpha value is -1.30. The molecule has 82 valence electrons. The Morgan fingerprint density at radius 1 is 1.33 bits per heavy atom. The summed E-state index contributed by atoms with van der Waals surface area (Å²) in [6.07, 6.45) is -2.80.